The average molecular weight is 220 g/mol. The molecule has 4 nitrogen and oxygen atoms in total. The third-order valence-electron chi connectivity index (χ3n) is 2.98. The maximum atomic E-state index is 11.5. The van der Waals surface area contributed by atoms with E-state index in [9.17, 15) is 4.79 Å². The number of carbonyl (C=O) groups excluding carboxylic acids is 1. The van der Waals surface area contributed by atoms with Crippen molar-refractivity contribution < 1.29 is 9.53 Å². The Labute approximate surface area is 95.2 Å². The Balaban J connectivity index is 2.05. The van der Waals surface area contributed by atoms with Crippen LogP contribution in [0.5, 0.6) is 0 Å². The SMILES string of the molecule is COC(=O)C1CCCN(c2ccncc2)C1. The second-order valence-corrected chi connectivity index (χ2v) is 4.01. The molecule has 0 N–H and O–H groups in total. The summed E-state index contributed by atoms with van der Waals surface area (Å²) in [7, 11) is 1.45. The summed E-state index contributed by atoms with van der Waals surface area (Å²) in [4.78, 5) is 17.7. The van der Waals surface area contributed by atoms with Crippen LogP contribution >= 0.6 is 0 Å². The molecule has 1 atom stereocenters. The highest BCUT2D eigenvalue weighted by molar-refractivity contribution is 5.73. The van der Waals surface area contributed by atoms with Crippen LogP contribution in [0, 0.1) is 5.92 Å². The quantitative estimate of drug-likeness (QED) is 0.708. The number of nitrogens with zero attached hydrogens (tertiary/aromatic N) is 2. The summed E-state index contributed by atoms with van der Waals surface area (Å²) in [6.45, 7) is 1.74. The van der Waals surface area contributed by atoms with Crippen LogP contribution in [0.15, 0.2) is 24.5 Å². The zero-order valence-electron chi connectivity index (χ0n) is 9.43. The van der Waals surface area contributed by atoms with Crippen molar-refractivity contribution in [3.63, 3.8) is 0 Å². The van der Waals surface area contributed by atoms with Crippen molar-refractivity contribution in [1.29, 1.82) is 0 Å². The van der Waals surface area contributed by atoms with Crippen LogP contribution in [-0.2, 0) is 9.53 Å². The largest absolute Gasteiger partial charge is 0.469 e. The van der Waals surface area contributed by atoms with Crippen molar-refractivity contribution in [1.82, 2.24) is 4.98 Å². The standard InChI is InChI=1S/C12H16N2O2/c1-16-12(15)10-3-2-8-14(9-10)11-4-6-13-7-5-11/h4-7,10H,2-3,8-9H2,1H3. The van der Waals surface area contributed by atoms with Gasteiger partial charge >= 0.3 is 5.97 Å². The number of anilines is 1. The van der Waals surface area contributed by atoms with Crippen LogP contribution in [0.3, 0.4) is 0 Å². The molecule has 0 amide bonds. The minimum atomic E-state index is -0.0984. The summed E-state index contributed by atoms with van der Waals surface area (Å²) >= 11 is 0. The molecule has 86 valence electrons. The summed E-state index contributed by atoms with van der Waals surface area (Å²) in [5.41, 5.74) is 1.13. The summed E-state index contributed by atoms with van der Waals surface area (Å²) < 4.78 is 4.80. The molecule has 4 heteroatoms. The highest BCUT2D eigenvalue weighted by Gasteiger charge is 2.26. The van der Waals surface area contributed by atoms with Gasteiger partial charge in [0.2, 0.25) is 0 Å². The van der Waals surface area contributed by atoms with E-state index in [0.717, 1.165) is 31.6 Å². The minimum absolute atomic E-state index is 0.00640. The molecular weight excluding hydrogens is 204 g/mol. The molecule has 1 fully saturated rings. The van der Waals surface area contributed by atoms with E-state index in [1.165, 1.54) is 7.11 Å². The van der Waals surface area contributed by atoms with Gasteiger partial charge in [-0.2, -0.15) is 0 Å². The van der Waals surface area contributed by atoms with Crippen LogP contribution in [-0.4, -0.2) is 31.2 Å². The van der Waals surface area contributed by atoms with Crippen molar-refractivity contribution in [3.05, 3.63) is 24.5 Å². The molecule has 0 aliphatic carbocycles. The zero-order valence-corrected chi connectivity index (χ0v) is 9.43. The summed E-state index contributed by atoms with van der Waals surface area (Å²) in [6.07, 6.45) is 5.50. The Morgan fingerprint density at radius 2 is 2.25 bits per heavy atom. The van der Waals surface area contributed by atoms with Gasteiger partial charge in [-0.05, 0) is 25.0 Å². The fourth-order valence-electron chi connectivity index (χ4n) is 2.13. The minimum Gasteiger partial charge on any atom is -0.469 e. The lowest BCUT2D eigenvalue weighted by atomic mass is 9.98. The normalized spacial score (nSPS) is 20.6. The van der Waals surface area contributed by atoms with Gasteiger partial charge in [-0.15, -0.1) is 0 Å². The van der Waals surface area contributed by atoms with E-state index >= 15 is 0 Å². The van der Waals surface area contributed by atoms with Crippen LogP contribution < -0.4 is 4.90 Å². The number of methoxy groups -OCH3 is 1. The number of rotatable bonds is 2. The number of aromatic nitrogens is 1. The highest BCUT2D eigenvalue weighted by Crippen LogP contribution is 2.23. The van der Waals surface area contributed by atoms with Crippen LogP contribution in [0.1, 0.15) is 12.8 Å². The van der Waals surface area contributed by atoms with Crippen molar-refractivity contribution in [2.45, 2.75) is 12.8 Å². The Morgan fingerprint density at radius 3 is 2.94 bits per heavy atom. The summed E-state index contributed by atoms with van der Waals surface area (Å²) in [6, 6.07) is 3.94. The van der Waals surface area contributed by atoms with Crippen molar-refractivity contribution in [3.8, 4) is 0 Å². The molecule has 1 saturated heterocycles. The number of esters is 1. The topological polar surface area (TPSA) is 42.4 Å². The third-order valence-corrected chi connectivity index (χ3v) is 2.98. The first kappa shape index (κ1) is 10.9. The molecule has 1 aromatic rings. The maximum absolute atomic E-state index is 11.5. The van der Waals surface area contributed by atoms with E-state index in [4.69, 9.17) is 4.74 Å². The van der Waals surface area contributed by atoms with Gasteiger partial charge in [-0.1, -0.05) is 0 Å². The molecule has 0 saturated carbocycles. The number of hydrogen-bond donors (Lipinski definition) is 0. The van der Waals surface area contributed by atoms with Gasteiger partial charge in [-0.25, -0.2) is 0 Å². The lowest BCUT2D eigenvalue weighted by molar-refractivity contribution is -0.145. The van der Waals surface area contributed by atoms with Crippen molar-refractivity contribution >= 4 is 11.7 Å². The van der Waals surface area contributed by atoms with Crippen LogP contribution in [0.4, 0.5) is 5.69 Å². The van der Waals surface area contributed by atoms with Gasteiger partial charge in [0.05, 0.1) is 13.0 Å². The predicted octanol–water partition coefficient (Wildman–Crippen LogP) is 1.47. The number of hydrogen-bond acceptors (Lipinski definition) is 4. The Morgan fingerprint density at radius 1 is 1.50 bits per heavy atom. The molecule has 2 heterocycles. The number of piperidine rings is 1. The van der Waals surface area contributed by atoms with Gasteiger partial charge in [0.1, 0.15) is 0 Å². The molecule has 2 rings (SSSR count). The summed E-state index contributed by atoms with van der Waals surface area (Å²) in [5, 5.41) is 0. The van der Waals surface area contributed by atoms with Crippen LogP contribution in [0.2, 0.25) is 0 Å². The van der Waals surface area contributed by atoms with Crippen molar-refractivity contribution in [2.75, 3.05) is 25.1 Å². The smallest absolute Gasteiger partial charge is 0.310 e. The monoisotopic (exact) mass is 220 g/mol. The molecule has 1 aromatic heterocycles. The molecule has 0 bridgehead atoms. The van der Waals surface area contributed by atoms with Gasteiger partial charge in [0.15, 0.2) is 0 Å². The Kier molecular flexibility index (Phi) is 3.39. The van der Waals surface area contributed by atoms with E-state index in [2.05, 4.69) is 9.88 Å². The van der Waals surface area contributed by atoms with Gasteiger partial charge in [-0.3, -0.25) is 9.78 Å². The number of carbonyl (C=O) groups is 1. The molecule has 0 spiro atoms. The molecular formula is C12H16N2O2. The second-order valence-electron chi connectivity index (χ2n) is 4.01. The maximum Gasteiger partial charge on any atom is 0.310 e. The lowest BCUT2D eigenvalue weighted by Crippen LogP contribution is -2.39. The molecule has 0 aromatic carbocycles. The first-order valence-corrected chi connectivity index (χ1v) is 5.54. The Bertz CT molecular complexity index is 353. The van der Waals surface area contributed by atoms with E-state index < -0.39 is 0 Å². The number of pyridine rings is 1. The van der Waals surface area contributed by atoms with Crippen LogP contribution in [0.25, 0.3) is 0 Å². The van der Waals surface area contributed by atoms with Gasteiger partial charge in [0.25, 0.3) is 0 Å². The average Bonchev–Trinajstić information content (AvgIpc) is 2.39. The summed E-state index contributed by atoms with van der Waals surface area (Å²) in [5.74, 6) is -0.0920. The fraction of sp³-hybridized carbons (Fsp3) is 0.500. The molecule has 1 aliphatic heterocycles. The molecule has 0 radical (unpaired) electrons. The van der Waals surface area contributed by atoms with E-state index in [1.807, 2.05) is 12.1 Å². The molecule has 16 heavy (non-hydrogen) atoms. The van der Waals surface area contributed by atoms with Gasteiger partial charge < -0.3 is 9.64 Å². The van der Waals surface area contributed by atoms with E-state index in [-0.39, 0.29) is 11.9 Å². The van der Waals surface area contributed by atoms with E-state index in [0.29, 0.717) is 0 Å². The zero-order chi connectivity index (χ0) is 11.4. The lowest BCUT2D eigenvalue weighted by Gasteiger charge is -2.32. The van der Waals surface area contributed by atoms with E-state index in [1.54, 1.807) is 12.4 Å². The number of ether oxygens (including phenoxy) is 1. The Hall–Kier alpha value is -1.58. The molecule has 1 unspecified atom stereocenters. The molecule has 1 aliphatic rings. The second kappa shape index (κ2) is 4.96. The highest BCUT2D eigenvalue weighted by atomic mass is 16.5. The first-order valence-electron chi connectivity index (χ1n) is 5.54. The third kappa shape index (κ3) is 2.32. The van der Waals surface area contributed by atoms with Crippen molar-refractivity contribution in [2.24, 2.45) is 5.92 Å². The first-order chi connectivity index (χ1) is 7.81. The predicted molar refractivity (Wildman–Crippen MR) is 61.2 cm³/mol. The van der Waals surface area contributed by atoms with Gasteiger partial charge in [0, 0.05) is 31.2 Å². The fourth-order valence-corrected chi connectivity index (χ4v) is 2.13.